The van der Waals surface area contributed by atoms with Gasteiger partial charge < -0.3 is 22.2 Å². The molecule has 0 atom stereocenters. The quantitative estimate of drug-likeness (QED) is 0.704. The standard InChI is InChI=1S/C22H30N2.ClH/c1-3-23(4-2)15-10-16-24(21-13-6-5-7-14-21)22-17-19-11-8-9-12-20(19)18-22;/h5-9,11-14,22H,3-4,10,15-18H2,1-2H3;1H/p-1. The van der Waals surface area contributed by atoms with Gasteiger partial charge in [-0.05, 0) is 62.2 Å². The summed E-state index contributed by atoms with van der Waals surface area (Å²) in [6.45, 7) is 9.14. The van der Waals surface area contributed by atoms with Gasteiger partial charge in [0.05, 0.1) is 0 Å². The summed E-state index contributed by atoms with van der Waals surface area (Å²) in [4.78, 5) is 5.16. The van der Waals surface area contributed by atoms with Crippen LogP contribution in [0, 0.1) is 0 Å². The maximum Gasteiger partial charge on any atom is 0.0370 e. The summed E-state index contributed by atoms with van der Waals surface area (Å²) in [5, 5.41) is 0. The summed E-state index contributed by atoms with van der Waals surface area (Å²) < 4.78 is 0. The molecule has 0 amide bonds. The molecular formula is C22H30ClN2-. The Labute approximate surface area is 159 Å². The number of rotatable bonds is 8. The first-order chi connectivity index (χ1) is 11.8. The molecule has 3 heteroatoms. The van der Waals surface area contributed by atoms with Crippen LogP contribution < -0.4 is 17.3 Å². The molecule has 2 nitrogen and oxygen atoms in total. The van der Waals surface area contributed by atoms with Crippen LogP contribution in [-0.4, -0.2) is 37.1 Å². The lowest BCUT2D eigenvalue weighted by atomic mass is 10.1. The molecule has 0 aliphatic heterocycles. The lowest BCUT2D eigenvalue weighted by molar-refractivity contribution is -0.00000501. The van der Waals surface area contributed by atoms with Crippen molar-refractivity contribution in [2.24, 2.45) is 0 Å². The van der Waals surface area contributed by atoms with Gasteiger partial charge in [-0.15, -0.1) is 0 Å². The third-order valence-electron chi connectivity index (χ3n) is 5.33. The second kappa shape index (κ2) is 9.84. The van der Waals surface area contributed by atoms with Gasteiger partial charge in [0.15, 0.2) is 0 Å². The number of anilines is 1. The summed E-state index contributed by atoms with van der Waals surface area (Å²) >= 11 is 0. The van der Waals surface area contributed by atoms with E-state index >= 15 is 0 Å². The minimum Gasteiger partial charge on any atom is -1.00 e. The van der Waals surface area contributed by atoms with E-state index < -0.39 is 0 Å². The molecule has 2 aromatic rings. The van der Waals surface area contributed by atoms with Gasteiger partial charge in [-0.3, -0.25) is 0 Å². The predicted molar refractivity (Wildman–Crippen MR) is 104 cm³/mol. The topological polar surface area (TPSA) is 6.48 Å². The van der Waals surface area contributed by atoms with Gasteiger partial charge in [-0.2, -0.15) is 0 Å². The van der Waals surface area contributed by atoms with E-state index in [0.29, 0.717) is 6.04 Å². The van der Waals surface area contributed by atoms with E-state index in [1.54, 1.807) is 0 Å². The minimum absolute atomic E-state index is 0. The maximum atomic E-state index is 2.64. The smallest absolute Gasteiger partial charge is 0.0370 e. The average Bonchev–Trinajstić information content (AvgIpc) is 3.06. The number of fused-ring (bicyclic) bond motifs is 1. The van der Waals surface area contributed by atoms with Crippen LogP contribution in [0.5, 0.6) is 0 Å². The molecule has 0 N–H and O–H groups in total. The van der Waals surface area contributed by atoms with Gasteiger partial charge in [-0.25, -0.2) is 0 Å². The van der Waals surface area contributed by atoms with Crippen molar-refractivity contribution in [3.8, 4) is 0 Å². The lowest BCUT2D eigenvalue weighted by Crippen LogP contribution is -3.00. The molecule has 0 fully saturated rings. The first-order valence-corrected chi connectivity index (χ1v) is 9.42. The van der Waals surface area contributed by atoms with E-state index in [9.17, 15) is 0 Å². The molecule has 0 radical (unpaired) electrons. The molecule has 136 valence electrons. The third kappa shape index (κ3) is 4.99. The Hall–Kier alpha value is -1.51. The summed E-state index contributed by atoms with van der Waals surface area (Å²) in [6, 6.07) is 20.5. The highest BCUT2D eigenvalue weighted by molar-refractivity contribution is 5.49. The van der Waals surface area contributed by atoms with Crippen molar-refractivity contribution < 1.29 is 12.4 Å². The van der Waals surface area contributed by atoms with E-state index in [4.69, 9.17) is 0 Å². The van der Waals surface area contributed by atoms with E-state index in [0.717, 1.165) is 19.6 Å². The monoisotopic (exact) mass is 357 g/mol. The molecular weight excluding hydrogens is 328 g/mol. The summed E-state index contributed by atoms with van der Waals surface area (Å²) in [6.07, 6.45) is 3.58. The van der Waals surface area contributed by atoms with Gasteiger partial charge in [0.2, 0.25) is 0 Å². The number of nitrogens with zero attached hydrogens (tertiary/aromatic N) is 2. The lowest BCUT2D eigenvalue weighted by Gasteiger charge is -2.32. The number of benzene rings is 2. The van der Waals surface area contributed by atoms with Crippen LogP contribution in [-0.2, 0) is 12.8 Å². The first-order valence-electron chi connectivity index (χ1n) is 9.42. The van der Waals surface area contributed by atoms with Crippen molar-refractivity contribution in [2.75, 3.05) is 31.1 Å². The van der Waals surface area contributed by atoms with Crippen LogP contribution in [0.15, 0.2) is 54.6 Å². The van der Waals surface area contributed by atoms with Gasteiger partial charge in [0.1, 0.15) is 0 Å². The normalized spacial score (nSPS) is 13.6. The number of halogens is 1. The van der Waals surface area contributed by atoms with Crippen LogP contribution in [0.25, 0.3) is 0 Å². The average molecular weight is 358 g/mol. The fraction of sp³-hybridized carbons (Fsp3) is 0.455. The molecule has 1 aliphatic carbocycles. The van der Waals surface area contributed by atoms with Crippen molar-refractivity contribution in [3.63, 3.8) is 0 Å². The Morgan fingerprint density at radius 1 is 0.800 bits per heavy atom. The Bertz CT molecular complexity index is 600. The Morgan fingerprint density at radius 2 is 1.36 bits per heavy atom. The highest BCUT2D eigenvalue weighted by Crippen LogP contribution is 2.29. The van der Waals surface area contributed by atoms with Crippen LogP contribution >= 0.6 is 0 Å². The second-order valence-corrected chi connectivity index (χ2v) is 6.74. The summed E-state index contributed by atoms with van der Waals surface area (Å²) in [7, 11) is 0. The maximum absolute atomic E-state index is 2.64. The van der Waals surface area contributed by atoms with Gasteiger partial charge in [-0.1, -0.05) is 56.3 Å². The van der Waals surface area contributed by atoms with E-state index in [-0.39, 0.29) is 12.4 Å². The molecule has 0 saturated carbocycles. The van der Waals surface area contributed by atoms with E-state index in [2.05, 4.69) is 78.2 Å². The van der Waals surface area contributed by atoms with Crippen LogP contribution in [0.3, 0.4) is 0 Å². The molecule has 2 aromatic carbocycles. The largest absolute Gasteiger partial charge is 1.00 e. The van der Waals surface area contributed by atoms with Crippen LogP contribution in [0.1, 0.15) is 31.4 Å². The fourth-order valence-electron chi connectivity index (χ4n) is 3.90. The number of para-hydroxylation sites is 1. The summed E-state index contributed by atoms with van der Waals surface area (Å²) in [5.41, 5.74) is 4.44. The molecule has 0 heterocycles. The summed E-state index contributed by atoms with van der Waals surface area (Å²) in [5.74, 6) is 0. The third-order valence-corrected chi connectivity index (χ3v) is 5.33. The molecule has 1 aliphatic rings. The van der Waals surface area contributed by atoms with Crippen molar-refractivity contribution in [3.05, 3.63) is 65.7 Å². The van der Waals surface area contributed by atoms with Crippen molar-refractivity contribution in [1.82, 2.24) is 4.90 Å². The van der Waals surface area contributed by atoms with Gasteiger partial charge >= 0.3 is 0 Å². The zero-order valence-corrected chi connectivity index (χ0v) is 16.3. The molecule has 25 heavy (non-hydrogen) atoms. The molecule has 3 rings (SSSR count). The van der Waals surface area contributed by atoms with Crippen LogP contribution in [0.2, 0.25) is 0 Å². The minimum atomic E-state index is 0. The fourth-order valence-corrected chi connectivity index (χ4v) is 3.90. The Balaban J connectivity index is 0.00000225. The molecule has 0 bridgehead atoms. The predicted octanol–water partition coefficient (Wildman–Crippen LogP) is 1.40. The second-order valence-electron chi connectivity index (χ2n) is 6.74. The Morgan fingerprint density at radius 3 is 1.92 bits per heavy atom. The molecule has 0 saturated heterocycles. The zero-order chi connectivity index (χ0) is 16.8. The molecule has 0 spiro atoms. The SMILES string of the molecule is CCN(CC)CCCN(c1ccccc1)C1Cc2ccccc2C1.[Cl-]. The van der Waals surface area contributed by atoms with Crippen LogP contribution in [0.4, 0.5) is 5.69 Å². The number of hydrogen-bond acceptors (Lipinski definition) is 2. The van der Waals surface area contributed by atoms with Gasteiger partial charge in [0, 0.05) is 18.3 Å². The molecule has 0 aromatic heterocycles. The Kier molecular flexibility index (Phi) is 7.80. The van der Waals surface area contributed by atoms with Crippen molar-refractivity contribution >= 4 is 5.69 Å². The van der Waals surface area contributed by atoms with Crippen molar-refractivity contribution in [1.29, 1.82) is 0 Å². The highest BCUT2D eigenvalue weighted by Gasteiger charge is 2.26. The zero-order valence-electron chi connectivity index (χ0n) is 15.5. The van der Waals surface area contributed by atoms with Crippen molar-refractivity contribution in [2.45, 2.75) is 39.2 Å². The molecule has 0 unspecified atom stereocenters. The highest BCUT2D eigenvalue weighted by atomic mass is 35.5. The number of hydrogen-bond donors (Lipinski definition) is 0. The first kappa shape index (κ1) is 19.8. The van der Waals surface area contributed by atoms with E-state index in [1.807, 2.05) is 0 Å². The van der Waals surface area contributed by atoms with Gasteiger partial charge in [0.25, 0.3) is 0 Å². The van der Waals surface area contributed by atoms with E-state index in [1.165, 1.54) is 42.6 Å².